The van der Waals surface area contributed by atoms with E-state index in [1.807, 2.05) is 0 Å². The molecule has 0 aliphatic rings. The summed E-state index contributed by atoms with van der Waals surface area (Å²) in [5, 5.41) is 9.79. The first kappa shape index (κ1) is 18.5. The molecule has 0 heterocycles. The summed E-state index contributed by atoms with van der Waals surface area (Å²) in [6, 6.07) is 6.94. The van der Waals surface area contributed by atoms with Crippen molar-refractivity contribution in [3.05, 3.63) is 30.3 Å². The Kier molecular flexibility index (Phi) is 5.48. The molecule has 0 fully saturated rings. The van der Waals surface area contributed by atoms with Crippen molar-refractivity contribution in [3.63, 3.8) is 0 Å². The number of benzene rings is 2. The van der Waals surface area contributed by atoms with Crippen LogP contribution < -0.4 is 23.7 Å². The van der Waals surface area contributed by atoms with E-state index >= 15 is 0 Å². The third kappa shape index (κ3) is 3.66. The molecule has 0 unspecified atom stereocenters. The van der Waals surface area contributed by atoms with E-state index < -0.39 is 10.0 Å². The van der Waals surface area contributed by atoms with Crippen LogP contribution in [0.1, 0.15) is 0 Å². The number of sulfonamides is 1. The monoisotopic (exact) mass is 369 g/mol. The summed E-state index contributed by atoms with van der Waals surface area (Å²) in [4.78, 5) is -0.136. The number of anilines is 1. The summed E-state index contributed by atoms with van der Waals surface area (Å²) in [6.45, 7) is 0. The predicted molar refractivity (Wildman–Crippen MR) is 91.6 cm³/mol. The number of rotatable bonds is 7. The average molecular weight is 369 g/mol. The zero-order chi connectivity index (χ0) is 18.6. The van der Waals surface area contributed by atoms with Crippen molar-refractivity contribution in [2.45, 2.75) is 4.90 Å². The van der Waals surface area contributed by atoms with Gasteiger partial charge in [0.15, 0.2) is 23.0 Å². The first-order valence-electron chi connectivity index (χ1n) is 7.06. The molecule has 0 amide bonds. The summed E-state index contributed by atoms with van der Waals surface area (Å²) in [6.07, 6.45) is 0. The Morgan fingerprint density at radius 1 is 0.840 bits per heavy atom. The molecule has 0 radical (unpaired) electrons. The Morgan fingerprint density at radius 3 is 1.96 bits per heavy atom. The molecule has 2 aromatic carbocycles. The van der Waals surface area contributed by atoms with Crippen LogP contribution >= 0.6 is 0 Å². The number of aromatic hydroxyl groups is 1. The molecule has 0 aromatic heterocycles. The zero-order valence-corrected chi connectivity index (χ0v) is 15.0. The molecule has 8 nitrogen and oxygen atoms in total. The molecule has 0 saturated carbocycles. The second kappa shape index (κ2) is 7.39. The van der Waals surface area contributed by atoms with Crippen LogP contribution in [0.15, 0.2) is 35.2 Å². The van der Waals surface area contributed by atoms with Gasteiger partial charge >= 0.3 is 0 Å². The second-order valence-electron chi connectivity index (χ2n) is 4.82. The number of methoxy groups -OCH3 is 4. The highest BCUT2D eigenvalue weighted by Crippen LogP contribution is 2.42. The number of hydrogen-bond acceptors (Lipinski definition) is 7. The van der Waals surface area contributed by atoms with Gasteiger partial charge in [0.2, 0.25) is 5.75 Å². The van der Waals surface area contributed by atoms with Gasteiger partial charge in [-0.3, -0.25) is 4.72 Å². The van der Waals surface area contributed by atoms with Gasteiger partial charge in [0, 0.05) is 6.07 Å². The van der Waals surface area contributed by atoms with E-state index in [1.54, 1.807) is 0 Å². The van der Waals surface area contributed by atoms with Crippen molar-refractivity contribution in [3.8, 4) is 28.7 Å². The van der Waals surface area contributed by atoms with Crippen molar-refractivity contribution in [1.29, 1.82) is 0 Å². The number of nitrogens with one attached hydrogen (secondary N) is 1. The first-order chi connectivity index (χ1) is 11.9. The molecule has 0 spiro atoms. The normalized spacial score (nSPS) is 10.9. The number of ether oxygens (including phenoxy) is 4. The molecule has 0 bridgehead atoms. The van der Waals surface area contributed by atoms with Gasteiger partial charge in [0.1, 0.15) is 4.90 Å². The molecule has 9 heteroatoms. The average Bonchev–Trinajstić information content (AvgIpc) is 2.59. The van der Waals surface area contributed by atoms with Crippen LogP contribution in [-0.2, 0) is 10.0 Å². The maximum Gasteiger partial charge on any atom is 0.265 e. The van der Waals surface area contributed by atoms with Gasteiger partial charge in [-0.15, -0.1) is 0 Å². The van der Waals surface area contributed by atoms with Crippen LogP contribution in [0.2, 0.25) is 0 Å². The maximum absolute atomic E-state index is 12.7. The molecule has 136 valence electrons. The molecule has 0 aliphatic heterocycles. The van der Waals surface area contributed by atoms with Gasteiger partial charge in [0.05, 0.1) is 34.1 Å². The SMILES string of the molecule is COc1ccc(NS(=O)(=O)c2ccc(OC)c(OC)c2OC)cc1O. The molecule has 2 rings (SSSR count). The lowest BCUT2D eigenvalue weighted by Gasteiger charge is -2.16. The minimum Gasteiger partial charge on any atom is -0.504 e. The molecule has 2 aromatic rings. The summed E-state index contributed by atoms with van der Waals surface area (Å²) < 4.78 is 48.3. The van der Waals surface area contributed by atoms with Crippen LogP contribution in [0.4, 0.5) is 5.69 Å². The van der Waals surface area contributed by atoms with E-state index in [0.717, 1.165) is 0 Å². The summed E-state index contributed by atoms with van der Waals surface area (Å²) >= 11 is 0. The smallest absolute Gasteiger partial charge is 0.265 e. The lowest BCUT2D eigenvalue weighted by Crippen LogP contribution is -2.14. The van der Waals surface area contributed by atoms with Crippen LogP contribution in [0.25, 0.3) is 0 Å². The topological polar surface area (TPSA) is 103 Å². The number of hydrogen-bond donors (Lipinski definition) is 2. The van der Waals surface area contributed by atoms with E-state index in [1.165, 1.54) is 58.8 Å². The molecule has 2 N–H and O–H groups in total. The quantitative estimate of drug-likeness (QED) is 0.771. The van der Waals surface area contributed by atoms with Crippen molar-refractivity contribution < 1.29 is 32.5 Å². The molecule has 25 heavy (non-hydrogen) atoms. The molecular formula is C16H19NO7S. The standard InChI is InChI=1S/C16H19NO7S/c1-21-12-6-5-10(9-11(12)18)17-25(19,20)14-8-7-13(22-2)15(23-3)16(14)24-4/h5-9,17-18H,1-4H3. The third-order valence-electron chi connectivity index (χ3n) is 3.39. The largest absolute Gasteiger partial charge is 0.504 e. The predicted octanol–water partition coefficient (Wildman–Crippen LogP) is 2.23. The van der Waals surface area contributed by atoms with Gasteiger partial charge in [0.25, 0.3) is 10.0 Å². The summed E-state index contributed by atoms with van der Waals surface area (Å²) in [7, 11) is 1.53. The van der Waals surface area contributed by atoms with Gasteiger partial charge in [-0.25, -0.2) is 8.42 Å². The Labute approximate surface area is 146 Å². The Morgan fingerprint density at radius 2 is 1.44 bits per heavy atom. The summed E-state index contributed by atoms with van der Waals surface area (Å²) in [5.74, 6) is 0.534. The fourth-order valence-corrected chi connectivity index (χ4v) is 3.46. The van der Waals surface area contributed by atoms with Crippen LogP contribution in [0, 0.1) is 0 Å². The van der Waals surface area contributed by atoms with Crippen molar-refractivity contribution in [2.24, 2.45) is 0 Å². The second-order valence-corrected chi connectivity index (χ2v) is 6.48. The fraction of sp³-hybridized carbons (Fsp3) is 0.250. The van der Waals surface area contributed by atoms with Crippen LogP contribution in [0.3, 0.4) is 0 Å². The molecule has 0 atom stereocenters. The molecular weight excluding hydrogens is 350 g/mol. The van der Waals surface area contributed by atoms with E-state index in [4.69, 9.17) is 18.9 Å². The van der Waals surface area contributed by atoms with Crippen LogP contribution in [0.5, 0.6) is 28.7 Å². The Hall–Kier alpha value is -2.81. The van der Waals surface area contributed by atoms with Gasteiger partial charge in [-0.1, -0.05) is 0 Å². The highest BCUT2D eigenvalue weighted by Gasteiger charge is 2.25. The Balaban J connectivity index is 2.48. The Bertz CT molecular complexity index is 865. The minimum atomic E-state index is -4.01. The maximum atomic E-state index is 12.7. The van der Waals surface area contributed by atoms with Crippen molar-refractivity contribution in [1.82, 2.24) is 0 Å². The van der Waals surface area contributed by atoms with Crippen LogP contribution in [-0.4, -0.2) is 42.0 Å². The minimum absolute atomic E-state index is 0.00656. The molecule has 0 aliphatic carbocycles. The van der Waals surface area contributed by atoms with Gasteiger partial charge in [-0.2, -0.15) is 0 Å². The van der Waals surface area contributed by atoms with E-state index in [-0.39, 0.29) is 33.6 Å². The molecule has 0 saturated heterocycles. The third-order valence-corrected chi connectivity index (χ3v) is 4.79. The number of phenolic OH excluding ortho intramolecular Hbond substituents is 1. The lowest BCUT2D eigenvalue weighted by atomic mass is 10.3. The van der Waals surface area contributed by atoms with Crippen molar-refractivity contribution in [2.75, 3.05) is 33.2 Å². The van der Waals surface area contributed by atoms with Gasteiger partial charge < -0.3 is 24.1 Å². The highest BCUT2D eigenvalue weighted by molar-refractivity contribution is 7.92. The zero-order valence-electron chi connectivity index (χ0n) is 14.2. The van der Waals surface area contributed by atoms with E-state index in [2.05, 4.69) is 4.72 Å². The fourth-order valence-electron chi connectivity index (χ4n) is 2.25. The lowest BCUT2D eigenvalue weighted by molar-refractivity contribution is 0.319. The van der Waals surface area contributed by atoms with Crippen molar-refractivity contribution >= 4 is 15.7 Å². The summed E-state index contributed by atoms with van der Waals surface area (Å²) in [5.41, 5.74) is 0.162. The first-order valence-corrected chi connectivity index (χ1v) is 8.55. The highest BCUT2D eigenvalue weighted by atomic mass is 32.2. The number of phenols is 1. The van der Waals surface area contributed by atoms with E-state index in [9.17, 15) is 13.5 Å². The van der Waals surface area contributed by atoms with Gasteiger partial charge in [-0.05, 0) is 24.3 Å². The van der Waals surface area contributed by atoms with E-state index in [0.29, 0.717) is 5.75 Å².